The van der Waals surface area contributed by atoms with Crippen molar-refractivity contribution in [3.05, 3.63) is 84.2 Å². The molecule has 0 aliphatic rings. The molecule has 26 heavy (non-hydrogen) atoms. The highest BCUT2D eigenvalue weighted by Gasteiger charge is 2.06. The van der Waals surface area contributed by atoms with Gasteiger partial charge in [-0.3, -0.25) is 4.98 Å². The lowest BCUT2D eigenvalue weighted by Crippen LogP contribution is -1.90. The predicted octanol–water partition coefficient (Wildman–Crippen LogP) is 6.22. The van der Waals surface area contributed by atoms with Gasteiger partial charge in [-0.15, -0.1) is 0 Å². The first-order chi connectivity index (χ1) is 12.7. The largest absolute Gasteiger partial charge is 0.264 e. The van der Waals surface area contributed by atoms with Crippen LogP contribution in [0.15, 0.2) is 73.1 Å². The van der Waals surface area contributed by atoms with Crippen LogP contribution in [-0.4, -0.2) is 9.97 Å². The fourth-order valence-corrected chi connectivity index (χ4v) is 3.37. The lowest BCUT2D eigenvalue weighted by molar-refractivity contribution is 0.922. The van der Waals surface area contributed by atoms with E-state index < -0.39 is 0 Å². The average Bonchev–Trinajstić information content (AvgIpc) is 2.69. The number of aryl methyl sites for hydroxylation is 2. The zero-order valence-electron chi connectivity index (χ0n) is 15.2. The Kier molecular flexibility index (Phi) is 4.49. The van der Waals surface area contributed by atoms with Gasteiger partial charge in [0.25, 0.3) is 0 Å². The number of rotatable bonds is 4. The van der Waals surface area contributed by atoms with Crippen molar-refractivity contribution in [3.63, 3.8) is 0 Å². The van der Waals surface area contributed by atoms with Gasteiger partial charge in [0.1, 0.15) is 0 Å². The second kappa shape index (κ2) is 7.09. The molecular weight excluding hydrogens is 316 g/mol. The Morgan fingerprint density at radius 1 is 0.808 bits per heavy atom. The third kappa shape index (κ3) is 3.23. The molecular formula is C24H22N2. The Labute approximate surface area is 154 Å². The van der Waals surface area contributed by atoms with E-state index in [9.17, 15) is 0 Å². The zero-order valence-corrected chi connectivity index (χ0v) is 15.2. The summed E-state index contributed by atoms with van der Waals surface area (Å²) in [7, 11) is 0. The first-order valence-corrected chi connectivity index (χ1v) is 9.16. The van der Waals surface area contributed by atoms with E-state index in [1.165, 1.54) is 28.7 Å². The van der Waals surface area contributed by atoms with Crippen LogP contribution in [0.25, 0.3) is 33.3 Å². The topological polar surface area (TPSA) is 25.8 Å². The molecule has 0 N–H and O–H groups in total. The van der Waals surface area contributed by atoms with Gasteiger partial charge >= 0.3 is 0 Å². The summed E-state index contributed by atoms with van der Waals surface area (Å²) in [4.78, 5) is 9.00. The Morgan fingerprint density at radius 3 is 2.15 bits per heavy atom. The molecule has 0 amide bonds. The third-order valence-electron chi connectivity index (χ3n) is 4.82. The quantitative estimate of drug-likeness (QED) is 0.441. The van der Waals surface area contributed by atoms with Crippen molar-refractivity contribution in [2.24, 2.45) is 0 Å². The van der Waals surface area contributed by atoms with E-state index in [1.54, 1.807) is 6.20 Å². The number of pyridine rings is 2. The van der Waals surface area contributed by atoms with Crippen molar-refractivity contribution in [2.75, 3.05) is 0 Å². The highest BCUT2D eigenvalue weighted by Crippen LogP contribution is 2.27. The molecule has 2 aromatic heterocycles. The summed E-state index contributed by atoms with van der Waals surface area (Å²) >= 11 is 0. The Morgan fingerprint density at radius 2 is 1.46 bits per heavy atom. The van der Waals surface area contributed by atoms with Crippen molar-refractivity contribution >= 4 is 10.9 Å². The monoisotopic (exact) mass is 338 g/mol. The summed E-state index contributed by atoms with van der Waals surface area (Å²) in [6.45, 7) is 4.33. The second-order valence-corrected chi connectivity index (χ2v) is 6.74. The van der Waals surface area contributed by atoms with Gasteiger partial charge in [0.2, 0.25) is 0 Å². The van der Waals surface area contributed by atoms with Gasteiger partial charge in [-0.2, -0.15) is 0 Å². The van der Waals surface area contributed by atoms with Crippen LogP contribution in [0.2, 0.25) is 0 Å². The maximum Gasteiger partial charge on any atom is 0.0742 e. The number of benzene rings is 2. The van der Waals surface area contributed by atoms with E-state index in [4.69, 9.17) is 4.98 Å². The Balaban J connectivity index is 1.65. The van der Waals surface area contributed by atoms with Crippen LogP contribution in [-0.2, 0) is 6.42 Å². The molecule has 0 aliphatic carbocycles. The van der Waals surface area contributed by atoms with Crippen LogP contribution in [0.5, 0.6) is 0 Å². The summed E-state index contributed by atoms with van der Waals surface area (Å²) in [6, 6.07) is 21.7. The highest BCUT2D eigenvalue weighted by atomic mass is 14.7. The molecule has 128 valence electrons. The molecule has 0 bridgehead atoms. The summed E-state index contributed by atoms with van der Waals surface area (Å²) in [6.07, 6.45) is 6.00. The van der Waals surface area contributed by atoms with Gasteiger partial charge < -0.3 is 0 Å². The van der Waals surface area contributed by atoms with Gasteiger partial charge in [0.05, 0.1) is 11.2 Å². The number of aromatic nitrogens is 2. The van der Waals surface area contributed by atoms with Crippen LogP contribution in [0.4, 0.5) is 0 Å². The minimum absolute atomic E-state index is 0.991. The van der Waals surface area contributed by atoms with Gasteiger partial charge in [-0.1, -0.05) is 61.9 Å². The minimum atomic E-state index is 0.991. The number of hydrogen-bond donors (Lipinski definition) is 0. The molecule has 2 aromatic carbocycles. The Hall–Kier alpha value is -3.00. The van der Waals surface area contributed by atoms with E-state index >= 15 is 0 Å². The molecule has 0 aliphatic heterocycles. The van der Waals surface area contributed by atoms with E-state index in [2.05, 4.69) is 73.4 Å². The normalized spacial score (nSPS) is 11.0. The fraction of sp³-hybridized carbons (Fsp3) is 0.167. The van der Waals surface area contributed by atoms with E-state index in [0.29, 0.717) is 0 Å². The van der Waals surface area contributed by atoms with Crippen molar-refractivity contribution < 1.29 is 0 Å². The maximum absolute atomic E-state index is 4.80. The third-order valence-corrected chi connectivity index (χ3v) is 4.82. The predicted molar refractivity (Wildman–Crippen MR) is 109 cm³/mol. The standard InChI is InChI=1S/C24H22N2/c1-3-4-18-5-7-19(8-6-18)20-9-11-21(12-10-20)24-15-17(2)22-16-25-14-13-23(22)26-24/h5-16H,3-4H2,1-2H3. The Bertz CT molecular complexity index is 1030. The molecule has 0 atom stereocenters. The molecule has 0 radical (unpaired) electrons. The SMILES string of the molecule is CCCc1ccc(-c2ccc(-c3cc(C)c4cnccc4n3)cc2)cc1. The molecule has 2 nitrogen and oxygen atoms in total. The van der Waals surface area contributed by atoms with Gasteiger partial charge in [0.15, 0.2) is 0 Å². The van der Waals surface area contributed by atoms with E-state index in [1.807, 2.05) is 12.3 Å². The molecule has 0 fully saturated rings. The summed E-state index contributed by atoms with van der Waals surface area (Å²) < 4.78 is 0. The van der Waals surface area contributed by atoms with Crippen molar-refractivity contribution in [3.8, 4) is 22.4 Å². The smallest absolute Gasteiger partial charge is 0.0742 e. The summed E-state index contributed by atoms with van der Waals surface area (Å²) in [5.41, 5.74) is 8.23. The number of nitrogens with zero attached hydrogens (tertiary/aromatic N) is 2. The highest BCUT2D eigenvalue weighted by molar-refractivity contribution is 5.84. The van der Waals surface area contributed by atoms with Crippen LogP contribution < -0.4 is 0 Å². The van der Waals surface area contributed by atoms with Gasteiger partial charge in [0, 0.05) is 23.3 Å². The molecule has 4 rings (SSSR count). The van der Waals surface area contributed by atoms with Gasteiger partial charge in [-0.05, 0) is 47.7 Å². The minimum Gasteiger partial charge on any atom is -0.264 e. The van der Waals surface area contributed by atoms with Crippen LogP contribution in [0.3, 0.4) is 0 Å². The summed E-state index contributed by atoms with van der Waals surface area (Å²) in [5, 5.41) is 1.11. The lowest BCUT2D eigenvalue weighted by Gasteiger charge is -2.08. The molecule has 2 heterocycles. The number of fused-ring (bicyclic) bond motifs is 1. The van der Waals surface area contributed by atoms with Crippen LogP contribution in [0.1, 0.15) is 24.5 Å². The van der Waals surface area contributed by atoms with Crippen molar-refractivity contribution in [2.45, 2.75) is 26.7 Å². The molecule has 0 spiro atoms. The molecule has 2 heteroatoms. The van der Waals surface area contributed by atoms with Gasteiger partial charge in [-0.25, -0.2) is 4.98 Å². The second-order valence-electron chi connectivity index (χ2n) is 6.74. The number of hydrogen-bond acceptors (Lipinski definition) is 2. The summed E-state index contributed by atoms with van der Waals surface area (Å²) in [5.74, 6) is 0. The van der Waals surface area contributed by atoms with Crippen molar-refractivity contribution in [1.29, 1.82) is 0 Å². The fourth-order valence-electron chi connectivity index (χ4n) is 3.37. The first-order valence-electron chi connectivity index (χ1n) is 9.16. The zero-order chi connectivity index (χ0) is 17.9. The van der Waals surface area contributed by atoms with Crippen molar-refractivity contribution in [1.82, 2.24) is 9.97 Å². The lowest BCUT2D eigenvalue weighted by atomic mass is 10.00. The van der Waals surface area contributed by atoms with Crippen LogP contribution in [0, 0.1) is 6.92 Å². The first kappa shape index (κ1) is 16.5. The van der Waals surface area contributed by atoms with E-state index in [0.717, 1.165) is 28.6 Å². The van der Waals surface area contributed by atoms with E-state index in [-0.39, 0.29) is 0 Å². The van der Waals surface area contributed by atoms with Crippen LogP contribution >= 0.6 is 0 Å². The molecule has 4 aromatic rings. The molecule has 0 saturated carbocycles. The molecule has 0 saturated heterocycles. The average molecular weight is 338 g/mol. The molecule has 0 unspecified atom stereocenters. The maximum atomic E-state index is 4.80.